The normalized spacial score (nSPS) is 19.9. The highest BCUT2D eigenvalue weighted by Gasteiger charge is 2.40. The molecular formula is C19H19FN4O2. The van der Waals surface area contributed by atoms with E-state index in [1.54, 1.807) is 35.0 Å². The van der Waals surface area contributed by atoms with Gasteiger partial charge in [0.25, 0.3) is 5.91 Å². The van der Waals surface area contributed by atoms with Gasteiger partial charge in [0.1, 0.15) is 22.8 Å². The Morgan fingerprint density at radius 3 is 2.62 bits per heavy atom. The first kappa shape index (κ1) is 16.5. The smallest absolute Gasteiger partial charge is 0.259 e. The van der Waals surface area contributed by atoms with Crippen LogP contribution in [0.15, 0.2) is 55.0 Å². The van der Waals surface area contributed by atoms with Gasteiger partial charge < -0.3 is 14.6 Å². The number of nitrogens with zero attached hydrogens (tertiary/aromatic N) is 4. The van der Waals surface area contributed by atoms with Crippen molar-refractivity contribution in [1.29, 1.82) is 0 Å². The number of likely N-dealkylation sites (tertiary alicyclic amines) is 1. The third-order valence-corrected chi connectivity index (χ3v) is 4.90. The molecule has 3 aromatic rings. The second-order valence-electron chi connectivity index (χ2n) is 6.61. The van der Waals surface area contributed by atoms with Crippen LogP contribution >= 0.6 is 0 Å². The molecule has 7 heteroatoms. The molecule has 1 N–H and O–H groups in total. The Bertz CT molecular complexity index is 933. The number of halogens is 1. The molecule has 1 aromatic carbocycles. The van der Waals surface area contributed by atoms with Crippen molar-refractivity contribution in [2.24, 2.45) is 7.05 Å². The number of amides is 1. The van der Waals surface area contributed by atoms with Crippen LogP contribution in [0.5, 0.6) is 0 Å². The summed E-state index contributed by atoms with van der Waals surface area (Å²) in [6.07, 6.45) is 5.66. The van der Waals surface area contributed by atoms with Gasteiger partial charge in [-0.15, -0.1) is 0 Å². The second kappa shape index (κ2) is 6.10. The van der Waals surface area contributed by atoms with E-state index < -0.39 is 5.60 Å². The van der Waals surface area contributed by atoms with Crippen molar-refractivity contribution < 1.29 is 14.3 Å². The van der Waals surface area contributed by atoms with Crippen molar-refractivity contribution in [2.45, 2.75) is 12.0 Å². The van der Waals surface area contributed by atoms with Gasteiger partial charge in [-0.3, -0.25) is 9.48 Å². The maximum absolute atomic E-state index is 13.1. The van der Waals surface area contributed by atoms with Crippen LogP contribution in [0.25, 0.3) is 5.82 Å². The van der Waals surface area contributed by atoms with Crippen molar-refractivity contribution in [2.75, 3.05) is 13.1 Å². The van der Waals surface area contributed by atoms with Gasteiger partial charge in [-0.05, 0) is 36.2 Å². The zero-order valence-corrected chi connectivity index (χ0v) is 14.3. The van der Waals surface area contributed by atoms with E-state index in [4.69, 9.17) is 0 Å². The quantitative estimate of drug-likeness (QED) is 0.783. The molecule has 2 aromatic heterocycles. The van der Waals surface area contributed by atoms with E-state index in [2.05, 4.69) is 5.10 Å². The lowest BCUT2D eigenvalue weighted by Crippen LogP contribution is -2.34. The molecule has 26 heavy (non-hydrogen) atoms. The summed E-state index contributed by atoms with van der Waals surface area (Å²) in [6, 6.07) is 9.54. The van der Waals surface area contributed by atoms with E-state index in [1.807, 2.05) is 29.1 Å². The minimum atomic E-state index is -1.17. The molecule has 1 fully saturated rings. The Labute approximate surface area is 150 Å². The molecule has 1 unspecified atom stereocenters. The van der Waals surface area contributed by atoms with Crippen LogP contribution in [0.3, 0.4) is 0 Å². The van der Waals surface area contributed by atoms with Crippen LogP contribution < -0.4 is 0 Å². The number of carbonyl (C=O) groups is 1. The lowest BCUT2D eigenvalue weighted by Gasteiger charge is -2.24. The molecule has 134 valence electrons. The molecule has 4 rings (SSSR count). The Morgan fingerprint density at radius 2 is 1.92 bits per heavy atom. The summed E-state index contributed by atoms with van der Waals surface area (Å²) < 4.78 is 16.6. The number of hydrogen-bond acceptors (Lipinski definition) is 3. The van der Waals surface area contributed by atoms with Crippen LogP contribution in [-0.2, 0) is 12.6 Å². The Hall–Kier alpha value is -2.93. The molecule has 3 heterocycles. The summed E-state index contributed by atoms with van der Waals surface area (Å²) in [5.41, 5.74) is -0.0720. The van der Waals surface area contributed by atoms with Gasteiger partial charge in [-0.25, -0.2) is 4.39 Å². The van der Waals surface area contributed by atoms with E-state index in [-0.39, 0.29) is 18.3 Å². The lowest BCUT2D eigenvalue weighted by molar-refractivity contribution is 0.0417. The topological polar surface area (TPSA) is 63.3 Å². The maximum Gasteiger partial charge on any atom is 0.259 e. The fraction of sp³-hybridized carbons (Fsp3) is 0.263. The van der Waals surface area contributed by atoms with Gasteiger partial charge in [0.15, 0.2) is 0 Å². The van der Waals surface area contributed by atoms with Gasteiger partial charge in [0.05, 0.1) is 12.7 Å². The monoisotopic (exact) mass is 354 g/mol. The molecular weight excluding hydrogens is 335 g/mol. The van der Waals surface area contributed by atoms with Gasteiger partial charge in [0, 0.05) is 26.0 Å². The number of aromatic nitrogens is 3. The molecule has 0 bridgehead atoms. The number of carbonyl (C=O) groups excluding carboxylic acids is 1. The van der Waals surface area contributed by atoms with Gasteiger partial charge in [-0.1, -0.05) is 12.1 Å². The van der Waals surface area contributed by atoms with Crippen molar-refractivity contribution in [1.82, 2.24) is 19.2 Å². The minimum absolute atomic E-state index is 0.164. The third-order valence-electron chi connectivity index (χ3n) is 4.90. The number of aryl methyl sites for hydroxylation is 1. The third kappa shape index (κ3) is 2.70. The van der Waals surface area contributed by atoms with Crippen molar-refractivity contribution in [3.63, 3.8) is 0 Å². The zero-order chi connectivity index (χ0) is 18.3. The summed E-state index contributed by atoms with van der Waals surface area (Å²) in [7, 11) is 1.78. The second-order valence-corrected chi connectivity index (χ2v) is 6.61. The summed E-state index contributed by atoms with van der Waals surface area (Å²) in [5.74, 6) is 0.145. The molecule has 0 radical (unpaired) electrons. The Balaban J connectivity index is 1.60. The lowest BCUT2D eigenvalue weighted by atomic mass is 9.93. The van der Waals surface area contributed by atoms with Crippen LogP contribution in [0.1, 0.15) is 22.3 Å². The summed E-state index contributed by atoms with van der Waals surface area (Å²) in [5, 5.41) is 15.1. The largest absolute Gasteiger partial charge is 0.383 e. The number of β-amino-alcohol motifs (C(OH)–C–C–N with tert-alkyl or cyclic N) is 1. The molecule has 1 amide bonds. The van der Waals surface area contributed by atoms with Crippen molar-refractivity contribution >= 4 is 5.91 Å². The first-order valence-corrected chi connectivity index (χ1v) is 8.41. The number of benzene rings is 1. The predicted molar refractivity (Wildman–Crippen MR) is 93.4 cm³/mol. The first-order valence-electron chi connectivity index (χ1n) is 8.41. The molecule has 1 atom stereocenters. The number of rotatable bonds is 3. The minimum Gasteiger partial charge on any atom is -0.383 e. The van der Waals surface area contributed by atoms with Gasteiger partial charge in [0.2, 0.25) is 0 Å². The van der Waals surface area contributed by atoms with Crippen molar-refractivity contribution in [3.8, 4) is 5.82 Å². The van der Waals surface area contributed by atoms with Gasteiger partial charge in [-0.2, -0.15) is 5.10 Å². The average molecular weight is 354 g/mol. The number of aliphatic hydroxyl groups is 1. The predicted octanol–water partition coefficient (Wildman–Crippen LogP) is 2.08. The van der Waals surface area contributed by atoms with E-state index >= 15 is 0 Å². The van der Waals surface area contributed by atoms with E-state index in [9.17, 15) is 14.3 Å². The van der Waals surface area contributed by atoms with E-state index in [0.29, 0.717) is 29.9 Å². The van der Waals surface area contributed by atoms with Crippen LogP contribution in [0.4, 0.5) is 4.39 Å². The fourth-order valence-corrected chi connectivity index (χ4v) is 3.50. The summed E-state index contributed by atoms with van der Waals surface area (Å²) in [6.45, 7) is 0.588. The zero-order valence-electron chi connectivity index (χ0n) is 14.3. The van der Waals surface area contributed by atoms with Crippen molar-refractivity contribution in [3.05, 3.63) is 71.9 Å². The molecule has 6 nitrogen and oxygen atoms in total. The highest BCUT2D eigenvalue weighted by molar-refractivity contribution is 5.97. The maximum atomic E-state index is 13.1. The SMILES string of the molecule is Cn1ncc(C(=O)N2CCC(O)(c3ccc(F)cc3)C2)c1-n1cccc1. The Morgan fingerprint density at radius 1 is 1.23 bits per heavy atom. The molecule has 1 aliphatic heterocycles. The molecule has 0 aliphatic carbocycles. The van der Waals surface area contributed by atoms with Gasteiger partial charge >= 0.3 is 0 Å². The van der Waals surface area contributed by atoms with Crippen LogP contribution in [0.2, 0.25) is 0 Å². The van der Waals surface area contributed by atoms with Crippen LogP contribution in [0, 0.1) is 5.82 Å². The highest BCUT2D eigenvalue weighted by atomic mass is 19.1. The Kier molecular flexibility index (Phi) is 3.88. The standard InChI is InChI=1S/C19H19FN4O2/c1-22-17(23-9-2-3-10-23)16(12-21-22)18(25)24-11-8-19(26,13-24)14-4-6-15(20)7-5-14/h2-7,9-10,12,26H,8,11,13H2,1H3. The number of hydrogen-bond donors (Lipinski definition) is 1. The fourth-order valence-electron chi connectivity index (χ4n) is 3.50. The molecule has 0 saturated carbocycles. The van der Waals surface area contributed by atoms with E-state index in [0.717, 1.165) is 0 Å². The summed E-state index contributed by atoms with van der Waals surface area (Å²) in [4.78, 5) is 14.7. The molecule has 1 aliphatic rings. The first-order chi connectivity index (χ1) is 12.5. The average Bonchev–Trinajstić information content (AvgIpc) is 3.35. The molecule has 1 saturated heterocycles. The van der Waals surface area contributed by atoms with Crippen LogP contribution in [-0.4, -0.2) is 43.4 Å². The highest BCUT2D eigenvalue weighted by Crippen LogP contribution is 2.33. The molecule has 0 spiro atoms. The summed E-state index contributed by atoms with van der Waals surface area (Å²) >= 11 is 0. The van der Waals surface area contributed by atoms with E-state index in [1.165, 1.54) is 12.1 Å².